The Bertz CT molecular complexity index is 68.6. The topological polar surface area (TPSA) is 47.3 Å². The van der Waals surface area contributed by atoms with Crippen molar-refractivity contribution in [2.75, 3.05) is 26.3 Å². The van der Waals surface area contributed by atoms with E-state index in [1.165, 1.54) is 0 Å². The Morgan fingerprint density at radius 3 is 2.80 bits per heavy atom. The Hall–Kier alpha value is -0.120. The first-order chi connectivity index (χ1) is 4.81. The molecule has 0 saturated carbocycles. The Labute approximate surface area is 62.9 Å². The number of ether oxygens (including phenoxy) is 1. The zero-order valence-corrected chi connectivity index (χ0v) is 6.89. The lowest BCUT2D eigenvalue weighted by Crippen LogP contribution is -2.35. The van der Waals surface area contributed by atoms with E-state index in [0.717, 1.165) is 19.8 Å². The Morgan fingerprint density at radius 2 is 2.30 bits per heavy atom. The lowest BCUT2D eigenvalue weighted by molar-refractivity contribution is 0.147. The van der Waals surface area contributed by atoms with Gasteiger partial charge in [0.25, 0.3) is 0 Å². The van der Waals surface area contributed by atoms with Crippen molar-refractivity contribution in [3.8, 4) is 0 Å². The minimum Gasteiger partial charge on any atom is -0.380 e. The van der Waals surface area contributed by atoms with Crippen molar-refractivity contribution >= 4 is 0 Å². The molecule has 0 fully saturated rings. The van der Waals surface area contributed by atoms with Crippen LogP contribution in [0.4, 0.5) is 0 Å². The van der Waals surface area contributed by atoms with Crippen molar-refractivity contribution < 1.29 is 4.74 Å². The molecule has 10 heavy (non-hydrogen) atoms. The summed E-state index contributed by atoms with van der Waals surface area (Å²) in [6.45, 7) is 7.20. The van der Waals surface area contributed by atoms with Gasteiger partial charge < -0.3 is 15.8 Å². The van der Waals surface area contributed by atoms with Gasteiger partial charge in [0, 0.05) is 25.7 Å². The number of rotatable bonds is 6. The maximum atomic E-state index is 5.38. The average Bonchev–Trinajstić information content (AvgIpc) is 1.98. The van der Waals surface area contributed by atoms with Gasteiger partial charge in [-0.25, -0.2) is 0 Å². The summed E-state index contributed by atoms with van der Waals surface area (Å²) in [5.41, 5.74) is 5.38. The fraction of sp³-hybridized carbons (Fsp3) is 1.00. The highest BCUT2D eigenvalue weighted by atomic mass is 16.5. The van der Waals surface area contributed by atoms with E-state index in [9.17, 15) is 0 Å². The SMILES string of the molecule is CCOCCN[C@H](C)CN. The first kappa shape index (κ1) is 9.88. The van der Waals surface area contributed by atoms with E-state index in [-0.39, 0.29) is 0 Å². The fourth-order valence-electron chi connectivity index (χ4n) is 0.605. The third-order valence-electron chi connectivity index (χ3n) is 1.30. The Morgan fingerprint density at radius 1 is 1.60 bits per heavy atom. The van der Waals surface area contributed by atoms with Crippen molar-refractivity contribution in [3.63, 3.8) is 0 Å². The van der Waals surface area contributed by atoms with E-state index in [4.69, 9.17) is 10.5 Å². The van der Waals surface area contributed by atoms with Crippen LogP contribution in [0.1, 0.15) is 13.8 Å². The van der Waals surface area contributed by atoms with Crippen molar-refractivity contribution in [2.45, 2.75) is 19.9 Å². The summed E-state index contributed by atoms with van der Waals surface area (Å²) in [7, 11) is 0. The fourth-order valence-corrected chi connectivity index (χ4v) is 0.605. The third-order valence-corrected chi connectivity index (χ3v) is 1.30. The molecule has 0 unspecified atom stereocenters. The lowest BCUT2D eigenvalue weighted by Gasteiger charge is -2.10. The maximum Gasteiger partial charge on any atom is 0.0590 e. The molecule has 3 nitrogen and oxygen atoms in total. The van der Waals surface area contributed by atoms with Gasteiger partial charge >= 0.3 is 0 Å². The molecule has 0 aliphatic carbocycles. The van der Waals surface area contributed by atoms with Gasteiger partial charge in [-0.2, -0.15) is 0 Å². The summed E-state index contributed by atoms with van der Waals surface area (Å²) in [6.07, 6.45) is 0. The van der Waals surface area contributed by atoms with E-state index in [0.29, 0.717) is 12.6 Å². The number of hydrogen-bond donors (Lipinski definition) is 2. The molecule has 0 aromatic carbocycles. The second kappa shape index (κ2) is 6.99. The van der Waals surface area contributed by atoms with Crippen molar-refractivity contribution in [2.24, 2.45) is 5.73 Å². The lowest BCUT2D eigenvalue weighted by atomic mass is 10.3. The molecule has 0 aromatic heterocycles. The van der Waals surface area contributed by atoms with Crippen LogP contribution in [0.5, 0.6) is 0 Å². The van der Waals surface area contributed by atoms with Gasteiger partial charge in [-0.15, -0.1) is 0 Å². The third kappa shape index (κ3) is 6.01. The predicted octanol–water partition coefficient (Wildman–Crippen LogP) is -0.0403. The smallest absolute Gasteiger partial charge is 0.0590 e. The normalized spacial score (nSPS) is 13.5. The van der Waals surface area contributed by atoms with Crippen LogP contribution in [0.25, 0.3) is 0 Å². The molecule has 0 rings (SSSR count). The molecule has 0 saturated heterocycles. The van der Waals surface area contributed by atoms with Crippen LogP contribution in [0, 0.1) is 0 Å². The van der Waals surface area contributed by atoms with Gasteiger partial charge in [-0.1, -0.05) is 0 Å². The monoisotopic (exact) mass is 146 g/mol. The molecule has 3 N–H and O–H groups in total. The predicted molar refractivity (Wildman–Crippen MR) is 43.0 cm³/mol. The van der Waals surface area contributed by atoms with E-state index in [1.54, 1.807) is 0 Å². The van der Waals surface area contributed by atoms with E-state index in [2.05, 4.69) is 12.2 Å². The van der Waals surface area contributed by atoms with E-state index in [1.807, 2.05) is 6.92 Å². The number of nitrogens with two attached hydrogens (primary N) is 1. The molecule has 0 radical (unpaired) electrons. The quantitative estimate of drug-likeness (QED) is 0.517. The molecule has 0 bridgehead atoms. The standard InChI is InChI=1S/C7H18N2O/c1-3-10-5-4-9-7(2)6-8/h7,9H,3-6,8H2,1-2H3/t7-/m1/s1. The second-order valence-corrected chi connectivity index (χ2v) is 2.29. The highest BCUT2D eigenvalue weighted by Gasteiger charge is 1.94. The van der Waals surface area contributed by atoms with Gasteiger partial charge in [-0.05, 0) is 13.8 Å². The summed E-state index contributed by atoms with van der Waals surface area (Å²) in [5, 5.41) is 3.22. The molecule has 0 aliphatic heterocycles. The Balaban J connectivity index is 2.89. The van der Waals surface area contributed by atoms with Crippen LogP contribution in [0.3, 0.4) is 0 Å². The summed E-state index contributed by atoms with van der Waals surface area (Å²) < 4.78 is 5.13. The van der Waals surface area contributed by atoms with Crippen LogP contribution < -0.4 is 11.1 Å². The maximum absolute atomic E-state index is 5.38. The first-order valence-electron chi connectivity index (χ1n) is 3.82. The zero-order valence-electron chi connectivity index (χ0n) is 6.89. The van der Waals surface area contributed by atoms with Gasteiger partial charge in [0.05, 0.1) is 6.61 Å². The summed E-state index contributed by atoms with van der Waals surface area (Å²) in [6, 6.07) is 0.403. The molecule has 0 amide bonds. The molecule has 0 aromatic rings. The molecule has 62 valence electrons. The molecular weight excluding hydrogens is 128 g/mol. The second-order valence-electron chi connectivity index (χ2n) is 2.29. The highest BCUT2D eigenvalue weighted by molar-refractivity contribution is 4.58. The van der Waals surface area contributed by atoms with Gasteiger partial charge in [0.2, 0.25) is 0 Å². The molecule has 0 heterocycles. The first-order valence-corrected chi connectivity index (χ1v) is 3.82. The largest absolute Gasteiger partial charge is 0.380 e. The van der Waals surface area contributed by atoms with E-state index < -0.39 is 0 Å². The molecule has 3 heteroatoms. The minimum absolute atomic E-state index is 0.403. The highest BCUT2D eigenvalue weighted by Crippen LogP contribution is 1.75. The van der Waals surface area contributed by atoms with Gasteiger partial charge in [0.1, 0.15) is 0 Å². The molecular formula is C7H18N2O. The van der Waals surface area contributed by atoms with Crippen LogP contribution in [0.15, 0.2) is 0 Å². The number of hydrogen-bond acceptors (Lipinski definition) is 3. The van der Waals surface area contributed by atoms with Crippen molar-refractivity contribution in [1.82, 2.24) is 5.32 Å². The minimum atomic E-state index is 0.403. The van der Waals surface area contributed by atoms with Crippen molar-refractivity contribution in [1.29, 1.82) is 0 Å². The summed E-state index contributed by atoms with van der Waals surface area (Å²) >= 11 is 0. The van der Waals surface area contributed by atoms with Crippen LogP contribution >= 0.6 is 0 Å². The van der Waals surface area contributed by atoms with E-state index >= 15 is 0 Å². The van der Waals surface area contributed by atoms with Crippen LogP contribution in [0.2, 0.25) is 0 Å². The van der Waals surface area contributed by atoms with Crippen molar-refractivity contribution in [3.05, 3.63) is 0 Å². The zero-order chi connectivity index (χ0) is 7.82. The van der Waals surface area contributed by atoms with Crippen LogP contribution in [-0.2, 0) is 4.74 Å². The molecule has 0 aliphatic rings. The van der Waals surface area contributed by atoms with Gasteiger partial charge in [-0.3, -0.25) is 0 Å². The molecule has 0 spiro atoms. The summed E-state index contributed by atoms with van der Waals surface area (Å²) in [4.78, 5) is 0. The summed E-state index contributed by atoms with van der Waals surface area (Å²) in [5.74, 6) is 0. The Kier molecular flexibility index (Phi) is 6.91. The number of nitrogens with one attached hydrogen (secondary N) is 1. The average molecular weight is 146 g/mol. The van der Waals surface area contributed by atoms with Crippen LogP contribution in [-0.4, -0.2) is 32.3 Å². The van der Waals surface area contributed by atoms with Gasteiger partial charge in [0.15, 0.2) is 0 Å². The molecule has 1 atom stereocenters.